The summed E-state index contributed by atoms with van der Waals surface area (Å²) in [7, 11) is 1.63. The Kier molecular flexibility index (Phi) is 6.18. The monoisotopic (exact) mass is 427 g/mol. The molecule has 0 radical (unpaired) electrons. The van der Waals surface area contributed by atoms with Gasteiger partial charge in [-0.1, -0.05) is 35.6 Å². The van der Waals surface area contributed by atoms with Crippen molar-refractivity contribution >= 4 is 57.0 Å². The molecule has 7 heteroatoms. The predicted molar refractivity (Wildman–Crippen MR) is 124 cm³/mol. The van der Waals surface area contributed by atoms with Gasteiger partial charge in [-0.3, -0.25) is 9.69 Å². The van der Waals surface area contributed by atoms with Gasteiger partial charge < -0.3 is 9.64 Å². The Balaban J connectivity index is 1.76. The number of hydrogen-bond acceptors (Lipinski definition) is 6. The molecular formula is C22H25N3O2S2. The summed E-state index contributed by atoms with van der Waals surface area (Å²) in [5.74, 6) is 0.911. The van der Waals surface area contributed by atoms with Gasteiger partial charge in [-0.25, -0.2) is 4.98 Å². The number of thiocarbonyl (C=S) groups is 1. The molecule has 0 spiro atoms. The van der Waals surface area contributed by atoms with Crippen molar-refractivity contribution in [1.29, 1.82) is 0 Å². The Morgan fingerprint density at radius 1 is 1.24 bits per heavy atom. The van der Waals surface area contributed by atoms with Crippen LogP contribution < -0.4 is 4.90 Å². The van der Waals surface area contributed by atoms with E-state index in [4.69, 9.17) is 21.9 Å². The molecule has 5 nitrogen and oxygen atoms in total. The molecule has 4 rings (SSSR count). The molecule has 2 fully saturated rings. The number of aryl methyl sites for hydroxylation is 1. The van der Waals surface area contributed by atoms with E-state index in [1.54, 1.807) is 12.0 Å². The highest BCUT2D eigenvalue weighted by molar-refractivity contribution is 8.26. The number of carbonyl (C=O) groups excluding carboxylic acids is 1. The van der Waals surface area contributed by atoms with Gasteiger partial charge in [0, 0.05) is 31.1 Å². The average Bonchev–Trinajstić information content (AvgIpc) is 2.99. The number of ether oxygens (including phenoxy) is 1. The third-order valence-corrected chi connectivity index (χ3v) is 6.69. The summed E-state index contributed by atoms with van der Waals surface area (Å²) in [5, 5.41) is 1.09. The lowest BCUT2D eigenvalue weighted by Crippen LogP contribution is -2.31. The lowest BCUT2D eigenvalue weighted by atomic mass is 10.1. The van der Waals surface area contributed by atoms with Crippen molar-refractivity contribution in [1.82, 2.24) is 9.88 Å². The van der Waals surface area contributed by atoms with Gasteiger partial charge in [-0.2, -0.15) is 0 Å². The lowest BCUT2D eigenvalue weighted by Gasteiger charge is -2.29. The van der Waals surface area contributed by atoms with E-state index in [1.165, 1.54) is 36.6 Å². The molecule has 0 aliphatic carbocycles. The van der Waals surface area contributed by atoms with Crippen LogP contribution in [0.4, 0.5) is 5.82 Å². The van der Waals surface area contributed by atoms with Crippen LogP contribution in [0.15, 0.2) is 29.2 Å². The van der Waals surface area contributed by atoms with Crippen LogP contribution in [-0.2, 0) is 9.53 Å². The standard InChI is InChI=1S/C22H25N3O2S2/c1-15-6-7-18-16(12-15)13-17(20(23-18)24-8-4-3-5-9-24)14-19-21(26)25(10-11-27-2)22(28)29-19/h6-7,12-14H,3-5,8-11H2,1-2H3/b19-14+. The van der Waals surface area contributed by atoms with E-state index in [-0.39, 0.29) is 5.91 Å². The van der Waals surface area contributed by atoms with Gasteiger partial charge >= 0.3 is 0 Å². The number of nitrogens with zero attached hydrogens (tertiary/aromatic N) is 3. The van der Waals surface area contributed by atoms with E-state index in [0.29, 0.717) is 22.4 Å². The van der Waals surface area contributed by atoms with Crippen LogP contribution in [0.3, 0.4) is 0 Å². The van der Waals surface area contributed by atoms with E-state index in [1.807, 2.05) is 6.08 Å². The number of hydrogen-bond donors (Lipinski definition) is 0. The van der Waals surface area contributed by atoms with Crippen molar-refractivity contribution in [2.75, 3.05) is 38.3 Å². The maximum absolute atomic E-state index is 12.9. The zero-order valence-corrected chi connectivity index (χ0v) is 18.4. The van der Waals surface area contributed by atoms with Crippen LogP contribution in [0.25, 0.3) is 17.0 Å². The first kappa shape index (κ1) is 20.3. The second kappa shape index (κ2) is 8.81. The van der Waals surface area contributed by atoms with Crippen LogP contribution >= 0.6 is 24.0 Å². The van der Waals surface area contributed by atoms with Gasteiger partial charge in [-0.05, 0) is 50.5 Å². The molecule has 2 aliphatic rings. The van der Waals surface area contributed by atoms with Crippen molar-refractivity contribution < 1.29 is 9.53 Å². The number of pyridine rings is 1. The van der Waals surface area contributed by atoms with Crippen LogP contribution in [-0.4, -0.2) is 53.5 Å². The number of piperidine rings is 1. The molecule has 0 bridgehead atoms. The summed E-state index contributed by atoms with van der Waals surface area (Å²) in [6.45, 7) is 5.03. The molecule has 2 aromatic rings. The second-order valence-electron chi connectivity index (χ2n) is 7.47. The molecule has 0 N–H and O–H groups in total. The summed E-state index contributed by atoms with van der Waals surface area (Å²) in [6.07, 6.45) is 5.57. The SMILES string of the molecule is COCCN1C(=O)/C(=C\c2cc3cc(C)ccc3nc2N2CCCCC2)SC1=S. The maximum Gasteiger partial charge on any atom is 0.266 e. The zero-order chi connectivity index (χ0) is 20.4. The van der Waals surface area contributed by atoms with Gasteiger partial charge in [0.1, 0.15) is 10.1 Å². The van der Waals surface area contributed by atoms with Crippen LogP contribution in [0.2, 0.25) is 0 Å². The van der Waals surface area contributed by atoms with E-state index in [9.17, 15) is 4.79 Å². The fraction of sp³-hybridized carbons (Fsp3) is 0.409. The molecule has 1 aromatic carbocycles. The topological polar surface area (TPSA) is 45.7 Å². The fourth-order valence-electron chi connectivity index (χ4n) is 3.78. The summed E-state index contributed by atoms with van der Waals surface area (Å²) in [5.41, 5.74) is 3.17. The Morgan fingerprint density at radius 2 is 2.03 bits per heavy atom. The molecule has 0 unspecified atom stereocenters. The van der Waals surface area contributed by atoms with Crippen molar-refractivity contribution in [2.45, 2.75) is 26.2 Å². The molecule has 3 heterocycles. The van der Waals surface area contributed by atoms with E-state index in [0.717, 1.165) is 35.4 Å². The minimum Gasteiger partial charge on any atom is -0.383 e. The number of aromatic nitrogens is 1. The molecule has 152 valence electrons. The molecule has 1 aromatic heterocycles. The molecule has 29 heavy (non-hydrogen) atoms. The number of amides is 1. The second-order valence-corrected chi connectivity index (χ2v) is 9.15. The quantitative estimate of drug-likeness (QED) is 0.521. The highest BCUT2D eigenvalue weighted by Gasteiger charge is 2.32. The van der Waals surface area contributed by atoms with Gasteiger partial charge in [-0.15, -0.1) is 0 Å². The lowest BCUT2D eigenvalue weighted by molar-refractivity contribution is -0.122. The van der Waals surface area contributed by atoms with Crippen molar-refractivity contribution in [3.8, 4) is 0 Å². The largest absolute Gasteiger partial charge is 0.383 e. The summed E-state index contributed by atoms with van der Waals surface area (Å²) < 4.78 is 5.70. The third-order valence-electron chi connectivity index (χ3n) is 5.31. The van der Waals surface area contributed by atoms with E-state index >= 15 is 0 Å². The van der Waals surface area contributed by atoms with Gasteiger partial charge in [0.05, 0.1) is 23.6 Å². The van der Waals surface area contributed by atoms with Gasteiger partial charge in [0.15, 0.2) is 0 Å². The van der Waals surface area contributed by atoms with E-state index < -0.39 is 0 Å². The molecule has 1 amide bonds. The number of carbonyl (C=O) groups is 1. The Morgan fingerprint density at radius 3 is 2.79 bits per heavy atom. The number of thioether (sulfide) groups is 1. The number of benzene rings is 1. The van der Waals surface area contributed by atoms with Gasteiger partial charge in [0.25, 0.3) is 5.91 Å². The maximum atomic E-state index is 12.9. The smallest absolute Gasteiger partial charge is 0.266 e. The number of anilines is 1. The average molecular weight is 428 g/mol. The predicted octanol–water partition coefficient (Wildman–Crippen LogP) is 4.38. The molecule has 0 saturated carbocycles. The Labute approximate surface area is 181 Å². The number of fused-ring (bicyclic) bond motifs is 1. The van der Waals surface area contributed by atoms with Crippen molar-refractivity contribution in [2.24, 2.45) is 0 Å². The molecule has 2 saturated heterocycles. The van der Waals surface area contributed by atoms with Crippen LogP contribution in [0.1, 0.15) is 30.4 Å². The summed E-state index contributed by atoms with van der Waals surface area (Å²) >= 11 is 6.78. The summed E-state index contributed by atoms with van der Waals surface area (Å²) in [6, 6.07) is 8.46. The fourth-order valence-corrected chi connectivity index (χ4v) is 5.08. The first-order chi connectivity index (χ1) is 14.1. The highest BCUT2D eigenvalue weighted by atomic mass is 32.2. The minimum absolute atomic E-state index is 0.0500. The molecule has 0 atom stereocenters. The van der Waals surface area contributed by atoms with Crippen molar-refractivity contribution in [3.63, 3.8) is 0 Å². The molecule has 2 aliphatic heterocycles. The number of methoxy groups -OCH3 is 1. The molecular weight excluding hydrogens is 402 g/mol. The Bertz CT molecular complexity index is 983. The minimum atomic E-state index is -0.0500. The van der Waals surface area contributed by atoms with Crippen LogP contribution in [0.5, 0.6) is 0 Å². The van der Waals surface area contributed by atoms with E-state index in [2.05, 4.69) is 36.1 Å². The van der Waals surface area contributed by atoms with Gasteiger partial charge in [0.2, 0.25) is 0 Å². The third kappa shape index (κ3) is 4.32. The number of rotatable bonds is 5. The first-order valence-corrected chi connectivity index (χ1v) is 11.2. The first-order valence-electron chi connectivity index (χ1n) is 9.97. The van der Waals surface area contributed by atoms with Crippen molar-refractivity contribution in [3.05, 3.63) is 40.3 Å². The van der Waals surface area contributed by atoms with Crippen LogP contribution in [0, 0.1) is 6.92 Å². The normalized spacial score (nSPS) is 19.0. The zero-order valence-electron chi connectivity index (χ0n) is 16.8. The summed E-state index contributed by atoms with van der Waals surface area (Å²) in [4.78, 5) is 22.5. The highest BCUT2D eigenvalue weighted by Crippen LogP contribution is 2.35. The Hall–Kier alpha value is -1.96.